The summed E-state index contributed by atoms with van der Waals surface area (Å²) >= 11 is 0. The molecule has 0 fully saturated rings. The van der Waals surface area contributed by atoms with Crippen molar-refractivity contribution in [1.82, 2.24) is 0 Å². The number of carbonyl (C=O) groups is 3. The fourth-order valence-electron chi connectivity index (χ4n) is 8.15. The first-order valence-corrected chi connectivity index (χ1v) is 26.1. The van der Waals surface area contributed by atoms with Crippen LogP contribution < -0.4 is 0 Å². The van der Waals surface area contributed by atoms with E-state index in [1.807, 2.05) is 0 Å². The largest absolute Gasteiger partial charge is 0.456 e. The highest BCUT2D eigenvalue weighted by Gasteiger charge is 2.38. The summed E-state index contributed by atoms with van der Waals surface area (Å²) in [4.78, 5) is 39.2. The minimum absolute atomic E-state index is 0.147. The molecule has 0 heterocycles. The number of esters is 1. The quantitative estimate of drug-likeness (QED) is 0.0360. The van der Waals surface area contributed by atoms with E-state index in [-0.39, 0.29) is 19.3 Å². The van der Waals surface area contributed by atoms with Gasteiger partial charge in [0.1, 0.15) is 0 Å². The first-order valence-electron chi connectivity index (χ1n) is 26.1. The summed E-state index contributed by atoms with van der Waals surface area (Å²) in [6.45, 7) is 6.76. The van der Waals surface area contributed by atoms with E-state index >= 15 is 0 Å². The van der Waals surface area contributed by atoms with Gasteiger partial charge in [0.15, 0.2) is 29.9 Å². The first-order chi connectivity index (χ1) is 28.9. The molecule has 0 aliphatic carbocycles. The van der Waals surface area contributed by atoms with E-state index in [0.717, 1.165) is 70.6 Å². The van der Waals surface area contributed by atoms with Crippen molar-refractivity contribution >= 4 is 17.5 Å². The fraction of sp³-hybridized carbons (Fsp3) is 0.906. The number of hydrogen-bond donors (Lipinski definition) is 2. The molecule has 2 atom stereocenters. The second-order valence-electron chi connectivity index (χ2n) is 18.1. The molecule has 0 bridgehead atoms. The van der Waals surface area contributed by atoms with Crippen molar-refractivity contribution in [3.63, 3.8) is 0 Å². The van der Waals surface area contributed by atoms with Crippen molar-refractivity contribution in [2.24, 2.45) is 0 Å². The SMILES string of the molecule is CCCCCCCC/C=C\CCCCCCCC(=O)OC(C(O)C(=O)CCCCCCCCCCCCCCC)C(O)C(=O)CCCCCCCCCCCCCCC. The Kier molecular flexibility index (Phi) is 44.8. The Hall–Kier alpha value is -1.53. The van der Waals surface area contributed by atoms with E-state index in [2.05, 4.69) is 32.9 Å². The Morgan fingerprint density at radius 2 is 0.593 bits per heavy atom. The topological polar surface area (TPSA) is 101 Å². The summed E-state index contributed by atoms with van der Waals surface area (Å²) in [5.74, 6) is -1.48. The molecular formula is C53H100O6. The number of aliphatic hydroxyl groups is 2. The zero-order valence-corrected chi connectivity index (χ0v) is 39.6. The number of unbranched alkanes of at least 4 members (excludes halogenated alkanes) is 35. The smallest absolute Gasteiger partial charge is 0.306 e. The molecule has 348 valence electrons. The Balaban J connectivity index is 4.63. The third-order valence-electron chi connectivity index (χ3n) is 12.2. The van der Waals surface area contributed by atoms with Crippen LogP contribution in [0, 0.1) is 0 Å². The van der Waals surface area contributed by atoms with E-state index in [1.165, 1.54) is 161 Å². The van der Waals surface area contributed by atoms with E-state index < -0.39 is 35.8 Å². The zero-order valence-electron chi connectivity index (χ0n) is 39.6. The molecule has 0 aromatic rings. The van der Waals surface area contributed by atoms with Crippen molar-refractivity contribution < 1.29 is 29.3 Å². The summed E-state index contributed by atoms with van der Waals surface area (Å²) in [6.07, 6.45) is 46.3. The number of ether oxygens (including phenoxy) is 1. The maximum absolute atomic E-state index is 13.1. The highest BCUT2D eigenvalue weighted by atomic mass is 16.6. The molecule has 0 aromatic heterocycles. The van der Waals surface area contributed by atoms with Gasteiger partial charge >= 0.3 is 5.97 Å². The predicted molar refractivity (Wildman–Crippen MR) is 252 cm³/mol. The monoisotopic (exact) mass is 833 g/mol. The third kappa shape index (κ3) is 39.1. The van der Waals surface area contributed by atoms with Gasteiger partial charge in [-0.15, -0.1) is 0 Å². The lowest BCUT2D eigenvalue weighted by atomic mass is 9.95. The number of Topliss-reactive ketones (excluding diaryl/α,β-unsaturated/α-hetero) is 2. The van der Waals surface area contributed by atoms with E-state index in [0.29, 0.717) is 19.3 Å². The maximum Gasteiger partial charge on any atom is 0.306 e. The summed E-state index contributed by atoms with van der Waals surface area (Å²) < 4.78 is 5.58. The lowest BCUT2D eigenvalue weighted by molar-refractivity contribution is -0.170. The normalized spacial score (nSPS) is 13.2. The van der Waals surface area contributed by atoms with Crippen LogP contribution in [0.2, 0.25) is 0 Å². The van der Waals surface area contributed by atoms with Crippen LogP contribution in [0.3, 0.4) is 0 Å². The molecule has 0 aromatic carbocycles. The number of aliphatic hydroxyl groups excluding tert-OH is 2. The number of hydrogen-bond acceptors (Lipinski definition) is 6. The molecule has 0 amide bonds. The number of rotatable bonds is 48. The lowest BCUT2D eigenvalue weighted by Gasteiger charge is -2.26. The Morgan fingerprint density at radius 1 is 0.356 bits per heavy atom. The third-order valence-corrected chi connectivity index (χ3v) is 12.2. The van der Waals surface area contributed by atoms with Crippen molar-refractivity contribution in [1.29, 1.82) is 0 Å². The van der Waals surface area contributed by atoms with E-state index in [1.54, 1.807) is 0 Å². The average Bonchev–Trinajstić information content (AvgIpc) is 3.24. The summed E-state index contributed by atoms with van der Waals surface area (Å²) in [7, 11) is 0. The number of carbonyl (C=O) groups excluding carboxylic acids is 3. The molecule has 0 spiro atoms. The van der Waals surface area contributed by atoms with Crippen LogP contribution in [0.25, 0.3) is 0 Å². The lowest BCUT2D eigenvalue weighted by Crippen LogP contribution is -2.48. The molecule has 2 unspecified atom stereocenters. The van der Waals surface area contributed by atoms with Gasteiger partial charge in [-0.2, -0.15) is 0 Å². The molecule has 0 radical (unpaired) electrons. The summed E-state index contributed by atoms with van der Waals surface area (Å²) in [5, 5.41) is 22.2. The van der Waals surface area contributed by atoms with Crippen molar-refractivity contribution in [2.75, 3.05) is 0 Å². The van der Waals surface area contributed by atoms with Crippen molar-refractivity contribution in [3.8, 4) is 0 Å². The van der Waals surface area contributed by atoms with Gasteiger partial charge in [0.2, 0.25) is 0 Å². The van der Waals surface area contributed by atoms with Gasteiger partial charge in [-0.05, 0) is 44.9 Å². The fourth-order valence-corrected chi connectivity index (χ4v) is 8.15. The molecule has 59 heavy (non-hydrogen) atoms. The Labute approximate surface area is 366 Å². The first kappa shape index (κ1) is 57.5. The van der Waals surface area contributed by atoms with Gasteiger partial charge in [-0.1, -0.05) is 238 Å². The molecule has 0 saturated heterocycles. The van der Waals surface area contributed by atoms with E-state index in [4.69, 9.17) is 4.74 Å². The molecule has 0 saturated carbocycles. The van der Waals surface area contributed by atoms with Crippen LogP contribution in [0.4, 0.5) is 0 Å². The second kappa shape index (κ2) is 46.0. The summed E-state index contributed by atoms with van der Waals surface area (Å²) in [5.41, 5.74) is 0. The molecule has 2 N–H and O–H groups in total. The van der Waals surface area contributed by atoms with Gasteiger partial charge in [0.05, 0.1) is 0 Å². The molecular weight excluding hydrogens is 733 g/mol. The van der Waals surface area contributed by atoms with Gasteiger partial charge in [0, 0.05) is 19.3 Å². The van der Waals surface area contributed by atoms with Crippen LogP contribution in [0.15, 0.2) is 12.2 Å². The Bertz CT molecular complexity index is 898. The van der Waals surface area contributed by atoms with Gasteiger partial charge in [0.25, 0.3) is 0 Å². The second-order valence-corrected chi connectivity index (χ2v) is 18.1. The van der Waals surface area contributed by atoms with Crippen LogP contribution >= 0.6 is 0 Å². The highest BCUT2D eigenvalue weighted by Crippen LogP contribution is 2.19. The maximum atomic E-state index is 13.1. The summed E-state index contributed by atoms with van der Waals surface area (Å²) in [6, 6.07) is 0. The van der Waals surface area contributed by atoms with Gasteiger partial charge in [-0.3, -0.25) is 14.4 Å². The van der Waals surface area contributed by atoms with Gasteiger partial charge in [-0.25, -0.2) is 0 Å². The zero-order chi connectivity index (χ0) is 43.3. The van der Waals surface area contributed by atoms with Crippen LogP contribution in [-0.2, 0) is 19.1 Å². The highest BCUT2D eigenvalue weighted by molar-refractivity contribution is 5.88. The molecule has 0 aliphatic rings. The van der Waals surface area contributed by atoms with E-state index in [9.17, 15) is 24.6 Å². The number of ketones is 2. The van der Waals surface area contributed by atoms with Crippen LogP contribution in [-0.4, -0.2) is 46.1 Å². The van der Waals surface area contributed by atoms with Gasteiger partial charge < -0.3 is 14.9 Å². The molecule has 6 heteroatoms. The average molecular weight is 833 g/mol. The van der Waals surface area contributed by atoms with Crippen LogP contribution in [0.1, 0.15) is 290 Å². The minimum Gasteiger partial charge on any atom is -0.456 e. The standard InChI is InChI=1S/C53H100O6/c1-4-7-10-13-16-19-22-25-26-29-32-35-38-41-44-47-50(56)59-53(51(57)48(54)45-42-39-36-33-30-27-23-20-17-14-11-8-5-2)52(58)49(55)46-43-40-37-34-31-28-24-21-18-15-12-9-6-3/h25-26,51-53,57-58H,4-24,27-47H2,1-3H3/b26-25-. The molecule has 0 rings (SSSR count). The molecule has 6 nitrogen and oxygen atoms in total. The Morgan fingerprint density at radius 3 is 0.881 bits per heavy atom. The van der Waals surface area contributed by atoms with Crippen molar-refractivity contribution in [2.45, 2.75) is 309 Å². The van der Waals surface area contributed by atoms with Crippen molar-refractivity contribution in [3.05, 3.63) is 12.2 Å². The van der Waals surface area contributed by atoms with Crippen LogP contribution in [0.5, 0.6) is 0 Å². The number of allylic oxidation sites excluding steroid dienone is 2. The minimum atomic E-state index is -1.70. The molecule has 0 aliphatic heterocycles. The predicted octanol–water partition coefficient (Wildman–Crippen LogP) is 15.8.